The Morgan fingerprint density at radius 2 is 2.03 bits per heavy atom. The van der Waals surface area contributed by atoms with E-state index in [4.69, 9.17) is 4.74 Å². The van der Waals surface area contributed by atoms with E-state index >= 15 is 0 Å². The third-order valence-corrected chi connectivity index (χ3v) is 6.78. The minimum atomic E-state index is -3.87. The van der Waals surface area contributed by atoms with Crippen LogP contribution in [-0.4, -0.2) is 68.6 Å². The fourth-order valence-corrected chi connectivity index (χ4v) is 4.65. The van der Waals surface area contributed by atoms with E-state index in [1.54, 1.807) is 4.90 Å². The number of fused-ring (bicyclic) bond motifs is 1. The van der Waals surface area contributed by atoms with Crippen LogP contribution in [0.4, 0.5) is 10.3 Å². The first-order valence-electron chi connectivity index (χ1n) is 10.1. The first-order chi connectivity index (χ1) is 14.9. The number of halogens is 1. The molecule has 11 heteroatoms. The molecule has 31 heavy (non-hydrogen) atoms. The van der Waals surface area contributed by atoms with E-state index in [0.29, 0.717) is 38.7 Å². The summed E-state index contributed by atoms with van der Waals surface area (Å²) in [5, 5.41) is 0. The summed E-state index contributed by atoms with van der Waals surface area (Å²) in [6.07, 6.45) is 2.48. The van der Waals surface area contributed by atoms with Crippen molar-refractivity contribution in [2.45, 2.75) is 24.3 Å². The van der Waals surface area contributed by atoms with Gasteiger partial charge in [0, 0.05) is 38.8 Å². The second kappa shape index (κ2) is 9.25. The van der Waals surface area contributed by atoms with E-state index in [1.165, 1.54) is 18.2 Å². The Bertz CT molecular complexity index is 1060. The molecule has 0 radical (unpaired) electrons. The van der Waals surface area contributed by atoms with E-state index in [1.807, 2.05) is 6.20 Å². The molecule has 0 spiro atoms. The number of hydrogen-bond donors (Lipinski definition) is 1. The number of anilines is 1. The van der Waals surface area contributed by atoms with Crippen LogP contribution in [0.5, 0.6) is 0 Å². The fraction of sp³-hybridized carbons (Fsp3) is 0.450. The summed E-state index contributed by atoms with van der Waals surface area (Å²) in [4.78, 5) is 25.3. The number of carbonyl (C=O) groups excluding carboxylic acids is 1. The normalized spacial score (nSPS) is 16.8. The second-order valence-corrected chi connectivity index (χ2v) is 9.18. The summed E-state index contributed by atoms with van der Waals surface area (Å²) in [6, 6.07) is 4.75. The van der Waals surface area contributed by atoms with Gasteiger partial charge in [0.15, 0.2) is 0 Å². The molecule has 2 aromatic rings. The smallest absolute Gasteiger partial charge is 0.240 e. The molecular weight excluding hydrogens is 425 g/mol. The van der Waals surface area contributed by atoms with Crippen LogP contribution in [0, 0.1) is 5.82 Å². The van der Waals surface area contributed by atoms with E-state index in [2.05, 4.69) is 19.6 Å². The number of hydrogen-bond acceptors (Lipinski definition) is 7. The number of sulfonamides is 1. The minimum Gasteiger partial charge on any atom is -0.378 e. The zero-order chi connectivity index (χ0) is 21.8. The summed E-state index contributed by atoms with van der Waals surface area (Å²) in [7, 11) is -3.87. The maximum absolute atomic E-state index is 13.3. The third kappa shape index (κ3) is 5.17. The average molecular weight is 450 g/mol. The number of ether oxygens (including phenoxy) is 1. The molecule has 4 rings (SSSR count). The molecular formula is C20H24FN5O4S. The summed E-state index contributed by atoms with van der Waals surface area (Å²) >= 11 is 0. The third-order valence-electron chi connectivity index (χ3n) is 5.32. The second-order valence-electron chi connectivity index (χ2n) is 7.41. The van der Waals surface area contributed by atoms with Crippen molar-refractivity contribution in [3.8, 4) is 0 Å². The van der Waals surface area contributed by atoms with E-state index in [9.17, 15) is 17.6 Å². The van der Waals surface area contributed by atoms with Crippen LogP contribution < -0.4 is 9.62 Å². The largest absolute Gasteiger partial charge is 0.378 e. The molecule has 0 saturated carbocycles. The van der Waals surface area contributed by atoms with Gasteiger partial charge in [-0.25, -0.2) is 27.5 Å². The summed E-state index contributed by atoms with van der Waals surface area (Å²) in [5.74, 6) is -0.164. The molecule has 1 N–H and O–H groups in total. The van der Waals surface area contributed by atoms with Gasteiger partial charge < -0.3 is 14.5 Å². The van der Waals surface area contributed by atoms with Crippen LogP contribution in [0.15, 0.2) is 35.4 Å². The molecule has 0 aliphatic carbocycles. The first-order valence-corrected chi connectivity index (χ1v) is 11.6. The van der Waals surface area contributed by atoms with Crippen LogP contribution in [0.25, 0.3) is 0 Å². The molecule has 9 nitrogen and oxygen atoms in total. The summed E-state index contributed by atoms with van der Waals surface area (Å²) in [6.45, 7) is 3.56. The maximum atomic E-state index is 13.3. The highest BCUT2D eigenvalue weighted by atomic mass is 32.2. The predicted molar refractivity (Wildman–Crippen MR) is 110 cm³/mol. The standard InChI is InChI=1S/C20H24FN5O4S/c21-16-2-1-3-17(12-16)31(28,29)23-6-4-19(27)26-7-5-15-13-22-20(24-18(15)14-26)25-8-10-30-11-9-25/h1-3,12-13,23H,4-11,14H2. The molecule has 0 bridgehead atoms. The van der Waals surface area contributed by atoms with Gasteiger partial charge in [-0.1, -0.05) is 6.07 Å². The van der Waals surface area contributed by atoms with Gasteiger partial charge in [0.05, 0.1) is 30.3 Å². The van der Waals surface area contributed by atoms with Gasteiger partial charge in [0.25, 0.3) is 0 Å². The van der Waals surface area contributed by atoms with Crippen LogP contribution in [0.3, 0.4) is 0 Å². The Morgan fingerprint density at radius 3 is 2.81 bits per heavy atom. The lowest BCUT2D eigenvalue weighted by Gasteiger charge is -2.30. The molecule has 0 unspecified atom stereocenters. The monoisotopic (exact) mass is 449 g/mol. The number of nitrogens with zero attached hydrogens (tertiary/aromatic N) is 4. The predicted octanol–water partition coefficient (Wildman–Crippen LogP) is 0.706. The van der Waals surface area contributed by atoms with Crippen LogP contribution in [0.1, 0.15) is 17.7 Å². The number of amides is 1. The van der Waals surface area contributed by atoms with E-state index < -0.39 is 15.8 Å². The van der Waals surface area contributed by atoms with Gasteiger partial charge in [0.1, 0.15) is 5.82 Å². The van der Waals surface area contributed by atoms with Crippen molar-refractivity contribution in [3.05, 3.63) is 47.5 Å². The van der Waals surface area contributed by atoms with Crippen molar-refractivity contribution < 1.29 is 22.3 Å². The lowest BCUT2D eigenvalue weighted by Crippen LogP contribution is -2.40. The quantitative estimate of drug-likeness (QED) is 0.692. The average Bonchev–Trinajstić information content (AvgIpc) is 2.78. The summed E-state index contributed by atoms with van der Waals surface area (Å²) < 4.78 is 45.5. The van der Waals surface area contributed by atoms with Gasteiger partial charge in [-0.05, 0) is 30.2 Å². The zero-order valence-electron chi connectivity index (χ0n) is 17.0. The molecule has 1 fully saturated rings. The number of benzene rings is 1. The fourth-order valence-electron chi connectivity index (χ4n) is 3.59. The number of aromatic nitrogens is 2. The molecule has 1 saturated heterocycles. The van der Waals surface area contributed by atoms with Gasteiger partial charge in [-0.2, -0.15) is 0 Å². The Morgan fingerprint density at radius 1 is 1.23 bits per heavy atom. The molecule has 1 aromatic heterocycles. The molecule has 2 aliphatic heterocycles. The molecule has 3 heterocycles. The van der Waals surface area contributed by atoms with Gasteiger partial charge in [-0.3, -0.25) is 4.79 Å². The van der Waals surface area contributed by atoms with Crippen molar-refractivity contribution in [1.82, 2.24) is 19.6 Å². The Balaban J connectivity index is 1.34. The van der Waals surface area contributed by atoms with Gasteiger partial charge >= 0.3 is 0 Å². The van der Waals surface area contributed by atoms with Crippen molar-refractivity contribution in [3.63, 3.8) is 0 Å². The van der Waals surface area contributed by atoms with Crippen molar-refractivity contribution in [2.75, 3.05) is 44.3 Å². The van der Waals surface area contributed by atoms with Crippen molar-refractivity contribution in [2.24, 2.45) is 0 Å². The number of nitrogens with one attached hydrogen (secondary N) is 1. The highest BCUT2D eigenvalue weighted by Gasteiger charge is 2.24. The number of carbonyl (C=O) groups is 1. The number of rotatable bonds is 6. The highest BCUT2D eigenvalue weighted by molar-refractivity contribution is 7.89. The minimum absolute atomic E-state index is 0.00524. The molecule has 1 amide bonds. The van der Waals surface area contributed by atoms with Crippen LogP contribution in [-0.2, 0) is 32.5 Å². The van der Waals surface area contributed by atoms with E-state index in [-0.39, 0.29) is 23.8 Å². The summed E-state index contributed by atoms with van der Waals surface area (Å²) in [5.41, 5.74) is 1.84. The Hall–Kier alpha value is -2.63. The van der Waals surface area contributed by atoms with Crippen LogP contribution in [0.2, 0.25) is 0 Å². The van der Waals surface area contributed by atoms with Gasteiger partial charge in [0.2, 0.25) is 21.9 Å². The first kappa shape index (κ1) is 21.6. The molecule has 0 atom stereocenters. The van der Waals surface area contributed by atoms with Gasteiger partial charge in [-0.15, -0.1) is 0 Å². The Kier molecular flexibility index (Phi) is 6.44. The topological polar surface area (TPSA) is 105 Å². The lowest BCUT2D eigenvalue weighted by atomic mass is 10.1. The molecule has 166 valence electrons. The van der Waals surface area contributed by atoms with Crippen molar-refractivity contribution in [1.29, 1.82) is 0 Å². The molecule has 1 aromatic carbocycles. The number of morpholine rings is 1. The maximum Gasteiger partial charge on any atom is 0.240 e. The lowest BCUT2D eigenvalue weighted by molar-refractivity contribution is -0.132. The zero-order valence-corrected chi connectivity index (χ0v) is 17.8. The van der Waals surface area contributed by atoms with E-state index in [0.717, 1.165) is 30.4 Å². The Labute approximate surface area is 180 Å². The van der Waals surface area contributed by atoms with Crippen molar-refractivity contribution >= 4 is 21.9 Å². The van der Waals surface area contributed by atoms with Crippen LogP contribution >= 0.6 is 0 Å². The SMILES string of the molecule is O=C(CCNS(=O)(=O)c1cccc(F)c1)N1CCc2cnc(N3CCOCC3)nc2C1. The highest BCUT2D eigenvalue weighted by Crippen LogP contribution is 2.20. The molecule has 2 aliphatic rings.